The molecule has 0 aromatic heterocycles. The van der Waals surface area contributed by atoms with E-state index in [1.165, 1.54) is 186 Å². The molecule has 47 heavy (non-hydrogen) atoms. The van der Waals surface area contributed by atoms with Gasteiger partial charge in [0, 0.05) is 13.2 Å². The molecule has 0 spiro atoms. The van der Waals surface area contributed by atoms with E-state index in [2.05, 4.69) is 19.2 Å². The van der Waals surface area contributed by atoms with E-state index in [0.717, 1.165) is 32.1 Å². The number of amides is 1. The molecule has 1 atom stereocenters. The first-order valence-corrected chi connectivity index (χ1v) is 21.4. The zero-order valence-electron chi connectivity index (χ0n) is 32.1. The molecule has 0 aliphatic rings. The molecule has 0 saturated heterocycles. The summed E-state index contributed by atoms with van der Waals surface area (Å²) >= 11 is 0. The molecule has 0 aliphatic heterocycles. The molecule has 0 radical (unpaired) electrons. The van der Waals surface area contributed by atoms with Gasteiger partial charge in [0.15, 0.2) is 0 Å². The largest absolute Gasteiger partial charge is 0.446 e. The molecule has 0 heterocycles. The molecule has 0 aromatic rings. The molecule has 0 aromatic carbocycles. The van der Waals surface area contributed by atoms with Crippen molar-refractivity contribution in [3.8, 4) is 0 Å². The summed E-state index contributed by atoms with van der Waals surface area (Å²) in [6.45, 7) is 6.07. The third-order valence-corrected chi connectivity index (χ3v) is 9.75. The number of ether oxygens (including phenoxy) is 2. The van der Waals surface area contributed by atoms with Crippen molar-refractivity contribution in [3.05, 3.63) is 0 Å². The van der Waals surface area contributed by atoms with Crippen LogP contribution in [0.15, 0.2) is 0 Å². The lowest BCUT2D eigenvalue weighted by molar-refractivity contribution is 0.0789. The van der Waals surface area contributed by atoms with E-state index < -0.39 is 0 Å². The molecule has 2 N–H and O–H groups in total. The highest BCUT2D eigenvalue weighted by Gasteiger charge is 2.14. The Kier molecular flexibility index (Phi) is 40.6. The molecule has 5 nitrogen and oxygen atoms in total. The molecular weight excluding hydrogens is 582 g/mol. The zero-order chi connectivity index (χ0) is 34.1. The third kappa shape index (κ3) is 39.5. The van der Waals surface area contributed by atoms with Crippen LogP contribution in [0.25, 0.3) is 0 Å². The highest BCUT2D eigenvalue weighted by Crippen LogP contribution is 2.19. The Morgan fingerprint density at radius 1 is 0.468 bits per heavy atom. The predicted octanol–water partition coefficient (Wildman–Crippen LogP) is 13.4. The monoisotopic (exact) mass is 668 g/mol. The summed E-state index contributed by atoms with van der Waals surface area (Å²) in [5.41, 5.74) is 0. The second kappa shape index (κ2) is 41.4. The predicted molar refractivity (Wildman–Crippen MR) is 205 cm³/mol. The summed E-state index contributed by atoms with van der Waals surface area (Å²) in [5.74, 6) is 0. The van der Waals surface area contributed by atoms with Crippen LogP contribution in [0.4, 0.5) is 4.79 Å². The number of alkyl carbamates (subject to hydrolysis) is 1. The van der Waals surface area contributed by atoms with Crippen molar-refractivity contribution in [1.82, 2.24) is 5.32 Å². The maximum atomic E-state index is 12.5. The summed E-state index contributed by atoms with van der Waals surface area (Å²) in [7, 11) is 0. The number of aliphatic hydroxyl groups is 1. The Hall–Kier alpha value is -0.810. The number of unbranched alkanes of at least 4 members (excludes halogenated alkanes) is 29. The summed E-state index contributed by atoms with van der Waals surface area (Å²) in [4.78, 5) is 12.5. The van der Waals surface area contributed by atoms with Crippen LogP contribution in [0, 0.1) is 0 Å². The van der Waals surface area contributed by atoms with Crippen LogP contribution in [0.2, 0.25) is 0 Å². The smallest absolute Gasteiger partial charge is 0.407 e. The average molecular weight is 668 g/mol. The van der Waals surface area contributed by atoms with Gasteiger partial charge in [0.05, 0.1) is 13.2 Å². The van der Waals surface area contributed by atoms with Crippen LogP contribution < -0.4 is 5.32 Å². The number of nitrogens with one attached hydrogen (secondary N) is 1. The minimum Gasteiger partial charge on any atom is -0.446 e. The summed E-state index contributed by atoms with van der Waals surface area (Å²) in [6, 6.07) is 0. The fraction of sp³-hybridized carbons (Fsp3) is 0.976. The molecular formula is C42H85NO4. The number of hydrogen-bond acceptors (Lipinski definition) is 4. The fourth-order valence-corrected chi connectivity index (χ4v) is 6.65. The Morgan fingerprint density at radius 2 is 0.787 bits per heavy atom. The molecule has 1 amide bonds. The second-order valence-corrected chi connectivity index (χ2v) is 14.5. The Labute approximate surface area is 294 Å². The minimum atomic E-state index is -0.283. The topological polar surface area (TPSA) is 67.8 Å². The minimum absolute atomic E-state index is 0.0363. The molecule has 282 valence electrons. The van der Waals surface area contributed by atoms with Crippen LogP contribution in [-0.4, -0.2) is 43.7 Å². The quantitative estimate of drug-likeness (QED) is 0.0638. The van der Waals surface area contributed by atoms with Crippen molar-refractivity contribution in [2.45, 2.75) is 238 Å². The van der Waals surface area contributed by atoms with Gasteiger partial charge in [-0.05, 0) is 32.1 Å². The van der Waals surface area contributed by atoms with E-state index in [-0.39, 0.29) is 18.8 Å². The van der Waals surface area contributed by atoms with Gasteiger partial charge in [-0.15, -0.1) is 0 Å². The van der Waals surface area contributed by atoms with Crippen LogP contribution in [0.3, 0.4) is 0 Å². The van der Waals surface area contributed by atoms with Crippen LogP contribution in [0.5, 0.6) is 0 Å². The number of hydrogen-bond donors (Lipinski definition) is 2. The molecule has 1 unspecified atom stereocenters. The van der Waals surface area contributed by atoms with Gasteiger partial charge in [0.2, 0.25) is 0 Å². The van der Waals surface area contributed by atoms with E-state index in [1.54, 1.807) is 0 Å². The van der Waals surface area contributed by atoms with Crippen molar-refractivity contribution in [2.75, 3.05) is 26.4 Å². The average Bonchev–Trinajstić information content (AvgIpc) is 3.07. The Morgan fingerprint density at radius 3 is 1.11 bits per heavy atom. The van der Waals surface area contributed by atoms with Gasteiger partial charge in [-0.25, -0.2) is 4.79 Å². The number of carbonyl (C=O) groups excluding carboxylic acids is 1. The normalized spacial score (nSPS) is 12.1. The van der Waals surface area contributed by atoms with Crippen molar-refractivity contribution in [2.24, 2.45) is 0 Å². The molecule has 5 heteroatoms. The van der Waals surface area contributed by atoms with E-state index in [0.29, 0.717) is 19.8 Å². The first-order valence-electron chi connectivity index (χ1n) is 21.4. The van der Waals surface area contributed by atoms with Crippen molar-refractivity contribution in [1.29, 1.82) is 0 Å². The standard InChI is InChI=1S/C42H85NO4/c1-3-5-7-9-11-13-15-17-19-21-23-25-27-29-31-33-36-41(47-42(45)43-37-34-39-46-40-38-44)35-32-30-28-26-24-22-20-18-16-14-12-10-8-6-4-2/h41,44H,3-40H2,1-2H3,(H,43,45). The number of aliphatic hydroxyl groups excluding tert-OH is 1. The number of rotatable bonds is 40. The highest BCUT2D eigenvalue weighted by molar-refractivity contribution is 5.67. The van der Waals surface area contributed by atoms with Crippen molar-refractivity contribution >= 4 is 6.09 Å². The SMILES string of the molecule is CCCCCCCCCCCCCCCCCCC(CCCCCCCCCCCCCCCCC)OC(=O)NCCCOCCO. The summed E-state index contributed by atoms with van der Waals surface area (Å²) in [5, 5.41) is 11.7. The van der Waals surface area contributed by atoms with Gasteiger partial charge >= 0.3 is 6.09 Å². The summed E-state index contributed by atoms with van der Waals surface area (Å²) < 4.78 is 11.2. The molecule has 0 rings (SSSR count). The van der Waals surface area contributed by atoms with E-state index in [4.69, 9.17) is 14.6 Å². The highest BCUT2D eigenvalue weighted by atomic mass is 16.6. The van der Waals surface area contributed by atoms with E-state index >= 15 is 0 Å². The van der Waals surface area contributed by atoms with Crippen molar-refractivity contribution < 1.29 is 19.4 Å². The fourth-order valence-electron chi connectivity index (χ4n) is 6.65. The summed E-state index contributed by atoms with van der Waals surface area (Å²) in [6.07, 6.45) is 45.1. The second-order valence-electron chi connectivity index (χ2n) is 14.5. The van der Waals surface area contributed by atoms with Gasteiger partial charge in [-0.2, -0.15) is 0 Å². The molecule has 0 aliphatic carbocycles. The van der Waals surface area contributed by atoms with Crippen molar-refractivity contribution in [3.63, 3.8) is 0 Å². The first-order chi connectivity index (χ1) is 23.2. The van der Waals surface area contributed by atoms with Crippen LogP contribution >= 0.6 is 0 Å². The molecule has 0 saturated carbocycles. The van der Waals surface area contributed by atoms with Gasteiger partial charge in [0.1, 0.15) is 6.10 Å². The molecule has 0 fully saturated rings. The zero-order valence-corrected chi connectivity index (χ0v) is 32.1. The number of carbonyl (C=O) groups is 1. The third-order valence-electron chi connectivity index (χ3n) is 9.75. The van der Waals surface area contributed by atoms with Gasteiger partial charge < -0.3 is 19.9 Å². The van der Waals surface area contributed by atoms with Crippen LogP contribution in [-0.2, 0) is 9.47 Å². The first kappa shape index (κ1) is 46.2. The van der Waals surface area contributed by atoms with Gasteiger partial charge in [-0.3, -0.25) is 0 Å². The van der Waals surface area contributed by atoms with Gasteiger partial charge in [0.25, 0.3) is 0 Å². The maximum Gasteiger partial charge on any atom is 0.407 e. The Balaban J connectivity index is 3.94. The maximum absolute atomic E-state index is 12.5. The lowest BCUT2D eigenvalue weighted by atomic mass is 10.0. The Bertz CT molecular complexity index is 587. The molecule has 0 bridgehead atoms. The van der Waals surface area contributed by atoms with Gasteiger partial charge in [-0.1, -0.05) is 200 Å². The van der Waals surface area contributed by atoms with E-state index in [9.17, 15) is 4.79 Å². The van der Waals surface area contributed by atoms with Crippen LogP contribution in [0.1, 0.15) is 232 Å². The van der Waals surface area contributed by atoms with E-state index in [1.807, 2.05) is 0 Å². The lowest BCUT2D eigenvalue weighted by Crippen LogP contribution is -2.30. The lowest BCUT2D eigenvalue weighted by Gasteiger charge is -2.18.